The first-order valence-corrected chi connectivity index (χ1v) is 12.0. The molecule has 0 aliphatic heterocycles. The van der Waals surface area contributed by atoms with Gasteiger partial charge in [-0.1, -0.05) is 72.2 Å². The Morgan fingerprint density at radius 3 is 2.22 bits per heavy atom. The molecule has 1 amide bonds. The average Bonchev–Trinajstić information content (AvgIpc) is 2.90. The zero-order valence-corrected chi connectivity index (χ0v) is 21.8. The second-order valence-electron chi connectivity index (χ2n) is 8.01. The lowest BCUT2D eigenvalue weighted by molar-refractivity contribution is -0.125. The quantitative estimate of drug-likeness (QED) is 0.190. The lowest BCUT2D eigenvalue weighted by Gasteiger charge is -2.15. The van der Waals surface area contributed by atoms with Gasteiger partial charge >= 0.3 is 0 Å². The largest absolute Gasteiger partial charge is 0.508 e. The molecule has 9 heteroatoms. The molecule has 0 aliphatic rings. The molecule has 0 heterocycles. The van der Waals surface area contributed by atoms with Crippen molar-refractivity contribution in [2.45, 2.75) is 25.9 Å². The highest BCUT2D eigenvalue weighted by Gasteiger charge is 2.18. The molecule has 3 aromatic carbocycles. The maximum atomic E-state index is 12.1. The number of ketones is 1. The fraction of sp³-hybridized carbons (Fsp3) is 0.179. The standard InChI is InChI=1S/C21H19Cl2NO5.C7H9N/c1-12(2)21(28)16-7-8-17(20(23)19(16)22)29-11-18(27)24-14(10-25)9-13-3-5-15(26)6-4-13;8-6-7-4-2-1-3-5-7/h3-8,10,14,26H,1,9,11H2,2H3,(H,24,27);1-5H,6,8H2. The molecule has 37 heavy (non-hydrogen) atoms. The summed E-state index contributed by atoms with van der Waals surface area (Å²) in [5.74, 6) is -0.633. The van der Waals surface area contributed by atoms with Crippen LogP contribution in [0.1, 0.15) is 28.4 Å². The van der Waals surface area contributed by atoms with Crippen LogP contribution in [0.5, 0.6) is 11.5 Å². The number of benzene rings is 3. The van der Waals surface area contributed by atoms with E-state index in [0.29, 0.717) is 18.4 Å². The van der Waals surface area contributed by atoms with Crippen LogP contribution in [-0.2, 0) is 22.6 Å². The number of phenols is 1. The summed E-state index contributed by atoms with van der Waals surface area (Å²) in [6, 6.07) is 18.4. The summed E-state index contributed by atoms with van der Waals surface area (Å²) in [6.45, 7) is 5.38. The van der Waals surface area contributed by atoms with E-state index in [4.69, 9.17) is 33.7 Å². The normalized spacial score (nSPS) is 10.9. The van der Waals surface area contributed by atoms with Gasteiger partial charge in [0.05, 0.1) is 11.1 Å². The maximum absolute atomic E-state index is 12.1. The molecule has 0 aromatic heterocycles. The zero-order valence-electron chi connectivity index (χ0n) is 20.2. The number of hydrogen-bond acceptors (Lipinski definition) is 6. The minimum absolute atomic E-state index is 0.00240. The number of nitrogens with two attached hydrogens (primary N) is 1. The molecular formula is C28H28Cl2N2O5. The second-order valence-corrected chi connectivity index (χ2v) is 8.76. The van der Waals surface area contributed by atoms with Crippen LogP contribution in [-0.4, -0.2) is 35.7 Å². The van der Waals surface area contributed by atoms with Gasteiger partial charge < -0.3 is 25.7 Å². The van der Waals surface area contributed by atoms with E-state index in [1.807, 2.05) is 30.3 Å². The Morgan fingerprint density at radius 1 is 1.03 bits per heavy atom. The predicted molar refractivity (Wildman–Crippen MR) is 145 cm³/mol. The molecule has 0 saturated heterocycles. The highest BCUT2D eigenvalue weighted by molar-refractivity contribution is 6.45. The molecule has 0 spiro atoms. The van der Waals surface area contributed by atoms with Gasteiger partial charge in [-0.05, 0) is 54.3 Å². The topological polar surface area (TPSA) is 119 Å². The third-order valence-electron chi connectivity index (χ3n) is 5.02. The number of nitrogens with one attached hydrogen (secondary N) is 1. The number of phenolic OH excluding ortho intramolecular Hbond substituents is 1. The van der Waals surface area contributed by atoms with E-state index in [1.165, 1.54) is 29.8 Å². The molecule has 4 N–H and O–H groups in total. The van der Waals surface area contributed by atoms with Gasteiger partial charge in [-0.2, -0.15) is 0 Å². The van der Waals surface area contributed by atoms with E-state index in [0.717, 1.165) is 5.56 Å². The molecular weight excluding hydrogens is 515 g/mol. The zero-order chi connectivity index (χ0) is 27.4. The summed E-state index contributed by atoms with van der Waals surface area (Å²) in [6.07, 6.45) is 0.881. The number of carbonyl (C=O) groups excluding carboxylic acids is 3. The number of Topliss-reactive ketones (excluding diaryl/α,β-unsaturated/α-hetero) is 1. The lowest BCUT2D eigenvalue weighted by atomic mass is 10.1. The molecule has 0 saturated carbocycles. The Kier molecular flexibility index (Phi) is 11.8. The number of halogens is 2. The monoisotopic (exact) mass is 542 g/mol. The number of rotatable bonds is 10. The third-order valence-corrected chi connectivity index (χ3v) is 5.88. The van der Waals surface area contributed by atoms with Crippen LogP contribution >= 0.6 is 23.2 Å². The van der Waals surface area contributed by atoms with Crippen LogP contribution in [0, 0.1) is 0 Å². The van der Waals surface area contributed by atoms with Gasteiger partial charge in [-0.3, -0.25) is 9.59 Å². The maximum Gasteiger partial charge on any atom is 0.258 e. The van der Waals surface area contributed by atoms with E-state index in [2.05, 4.69) is 11.9 Å². The van der Waals surface area contributed by atoms with Crippen molar-refractivity contribution in [2.75, 3.05) is 6.61 Å². The van der Waals surface area contributed by atoms with Crippen molar-refractivity contribution in [2.24, 2.45) is 5.73 Å². The number of amides is 1. The van der Waals surface area contributed by atoms with E-state index in [1.54, 1.807) is 19.1 Å². The van der Waals surface area contributed by atoms with Crippen LogP contribution in [0.2, 0.25) is 10.0 Å². The van der Waals surface area contributed by atoms with Crippen molar-refractivity contribution in [1.82, 2.24) is 5.32 Å². The van der Waals surface area contributed by atoms with Gasteiger partial charge in [0.25, 0.3) is 5.91 Å². The van der Waals surface area contributed by atoms with Gasteiger partial charge in [0.1, 0.15) is 22.8 Å². The lowest BCUT2D eigenvalue weighted by Crippen LogP contribution is -2.40. The molecule has 3 rings (SSSR count). The molecule has 1 unspecified atom stereocenters. The predicted octanol–water partition coefficient (Wildman–Crippen LogP) is 4.91. The minimum atomic E-state index is -0.759. The van der Waals surface area contributed by atoms with E-state index >= 15 is 0 Å². The van der Waals surface area contributed by atoms with Crippen LogP contribution in [0.4, 0.5) is 0 Å². The SMILES string of the molecule is C=C(C)C(=O)c1ccc(OCC(=O)NC(C=O)Cc2ccc(O)cc2)c(Cl)c1Cl.NCc1ccccc1. The minimum Gasteiger partial charge on any atom is -0.508 e. The van der Waals surface area contributed by atoms with Gasteiger partial charge in [0.15, 0.2) is 12.4 Å². The molecule has 7 nitrogen and oxygen atoms in total. The number of aldehydes is 1. The van der Waals surface area contributed by atoms with Crippen LogP contribution in [0.25, 0.3) is 0 Å². The fourth-order valence-electron chi connectivity index (χ4n) is 3.07. The summed E-state index contributed by atoms with van der Waals surface area (Å²) < 4.78 is 5.37. The summed E-state index contributed by atoms with van der Waals surface area (Å²) in [7, 11) is 0. The highest BCUT2D eigenvalue weighted by atomic mass is 35.5. The molecule has 1 atom stereocenters. The van der Waals surface area contributed by atoms with Crippen molar-refractivity contribution < 1.29 is 24.2 Å². The Morgan fingerprint density at radius 2 is 1.68 bits per heavy atom. The van der Waals surface area contributed by atoms with Crippen LogP contribution in [0.15, 0.2) is 78.9 Å². The van der Waals surface area contributed by atoms with Gasteiger partial charge in [-0.15, -0.1) is 0 Å². The fourth-order valence-corrected chi connectivity index (χ4v) is 3.53. The molecule has 0 bridgehead atoms. The van der Waals surface area contributed by atoms with Crippen molar-refractivity contribution in [3.8, 4) is 11.5 Å². The van der Waals surface area contributed by atoms with Gasteiger partial charge in [0, 0.05) is 12.1 Å². The highest BCUT2D eigenvalue weighted by Crippen LogP contribution is 2.35. The van der Waals surface area contributed by atoms with Crippen LogP contribution in [0.3, 0.4) is 0 Å². The Bertz CT molecular complexity index is 1230. The number of aromatic hydroxyl groups is 1. The second kappa shape index (κ2) is 14.8. The van der Waals surface area contributed by atoms with Crippen molar-refractivity contribution >= 4 is 41.2 Å². The number of ether oxygens (including phenoxy) is 1. The summed E-state index contributed by atoms with van der Waals surface area (Å²) in [5.41, 5.74) is 7.81. The average molecular weight is 543 g/mol. The van der Waals surface area contributed by atoms with Crippen molar-refractivity contribution in [3.05, 3.63) is 106 Å². The smallest absolute Gasteiger partial charge is 0.258 e. The van der Waals surface area contributed by atoms with Crippen molar-refractivity contribution in [3.63, 3.8) is 0 Å². The van der Waals surface area contributed by atoms with Crippen LogP contribution < -0.4 is 15.8 Å². The molecule has 194 valence electrons. The van der Waals surface area contributed by atoms with E-state index in [-0.39, 0.29) is 39.3 Å². The number of carbonyl (C=O) groups is 3. The molecule has 0 radical (unpaired) electrons. The molecule has 3 aromatic rings. The van der Waals surface area contributed by atoms with Crippen molar-refractivity contribution in [1.29, 1.82) is 0 Å². The number of hydrogen-bond donors (Lipinski definition) is 3. The first-order valence-electron chi connectivity index (χ1n) is 11.2. The molecule has 0 fully saturated rings. The Balaban J connectivity index is 0.000000510. The Hall–Kier alpha value is -3.65. The van der Waals surface area contributed by atoms with E-state index < -0.39 is 18.6 Å². The summed E-state index contributed by atoms with van der Waals surface area (Å²) in [4.78, 5) is 35.4. The Labute approximate surface area is 225 Å². The first kappa shape index (κ1) is 29.6. The number of allylic oxidation sites excluding steroid dienone is 1. The summed E-state index contributed by atoms with van der Waals surface area (Å²) in [5, 5.41) is 11.8. The molecule has 0 aliphatic carbocycles. The summed E-state index contributed by atoms with van der Waals surface area (Å²) >= 11 is 12.3. The van der Waals surface area contributed by atoms with Gasteiger partial charge in [0.2, 0.25) is 0 Å². The third kappa shape index (κ3) is 9.38. The van der Waals surface area contributed by atoms with Gasteiger partial charge in [-0.25, -0.2) is 0 Å². The van der Waals surface area contributed by atoms with E-state index in [9.17, 15) is 19.5 Å². The first-order chi connectivity index (χ1) is 17.7.